The zero-order valence-corrected chi connectivity index (χ0v) is 16.6. The van der Waals surface area contributed by atoms with Gasteiger partial charge in [0.1, 0.15) is 0 Å². The van der Waals surface area contributed by atoms with Crippen LogP contribution in [0.1, 0.15) is 52.4 Å². The van der Waals surface area contributed by atoms with Gasteiger partial charge in [0.25, 0.3) is 6.01 Å². The Morgan fingerprint density at radius 3 is 2.85 bits per heavy atom. The zero-order valence-electron chi connectivity index (χ0n) is 16.6. The normalized spacial score (nSPS) is 18.1. The van der Waals surface area contributed by atoms with Crippen LogP contribution in [0.3, 0.4) is 0 Å². The molecular formula is C19H31N5O3. The predicted octanol–water partition coefficient (Wildman–Crippen LogP) is 3.19. The number of hydrogen-bond acceptors (Lipinski definition) is 7. The van der Waals surface area contributed by atoms with Gasteiger partial charge >= 0.3 is 6.01 Å². The molecule has 3 heterocycles. The lowest BCUT2D eigenvalue weighted by Crippen LogP contribution is -2.14. The number of rotatable bonds is 10. The summed E-state index contributed by atoms with van der Waals surface area (Å²) in [5.41, 5.74) is 7.34. The monoisotopic (exact) mass is 377 g/mol. The summed E-state index contributed by atoms with van der Waals surface area (Å²) in [4.78, 5) is 13.3. The molecule has 0 aliphatic carbocycles. The van der Waals surface area contributed by atoms with Gasteiger partial charge in [0.05, 0.1) is 13.2 Å². The van der Waals surface area contributed by atoms with E-state index in [4.69, 9.17) is 19.9 Å². The number of aromatic nitrogens is 4. The number of anilines is 1. The Bertz CT molecular complexity index is 743. The van der Waals surface area contributed by atoms with Crippen molar-refractivity contribution < 1.29 is 14.2 Å². The van der Waals surface area contributed by atoms with E-state index in [1.165, 1.54) is 12.8 Å². The molecule has 1 aliphatic rings. The smallest absolute Gasteiger partial charge is 0.320 e. The number of ether oxygens (including phenoxy) is 3. The van der Waals surface area contributed by atoms with Gasteiger partial charge in [-0.05, 0) is 38.5 Å². The van der Waals surface area contributed by atoms with E-state index in [1.54, 1.807) is 7.11 Å². The number of nitrogen functional groups attached to an aromatic ring is 1. The van der Waals surface area contributed by atoms with Gasteiger partial charge < -0.3 is 19.9 Å². The number of unbranched alkanes of at least 4 members (excludes halogenated alkanes) is 1. The molecule has 1 fully saturated rings. The zero-order chi connectivity index (χ0) is 19.2. The molecule has 2 N–H and O–H groups in total. The SMILES string of the molecule is CCC[C@@H](C)Oc1nc(N)c2nc(OC)n(CCCCC3CCOC3)c2n1. The van der Waals surface area contributed by atoms with E-state index < -0.39 is 0 Å². The van der Waals surface area contributed by atoms with Crippen molar-refractivity contribution in [2.45, 2.75) is 65.0 Å². The Morgan fingerprint density at radius 1 is 1.30 bits per heavy atom. The van der Waals surface area contributed by atoms with E-state index >= 15 is 0 Å². The molecule has 0 radical (unpaired) electrons. The third-order valence-electron chi connectivity index (χ3n) is 5.02. The van der Waals surface area contributed by atoms with Crippen molar-refractivity contribution in [1.82, 2.24) is 19.5 Å². The molecule has 8 nitrogen and oxygen atoms in total. The lowest BCUT2D eigenvalue weighted by atomic mass is 10.0. The predicted molar refractivity (Wildman–Crippen MR) is 104 cm³/mol. The molecular weight excluding hydrogens is 346 g/mol. The minimum Gasteiger partial charge on any atom is -0.468 e. The number of fused-ring (bicyclic) bond motifs is 1. The minimum absolute atomic E-state index is 0.0405. The molecule has 3 rings (SSSR count). The molecule has 2 atom stereocenters. The van der Waals surface area contributed by atoms with E-state index in [-0.39, 0.29) is 6.10 Å². The third-order valence-corrected chi connectivity index (χ3v) is 5.02. The summed E-state index contributed by atoms with van der Waals surface area (Å²) in [6.45, 7) is 6.71. The van der Waals surface area contributed by atoms with Crippen LogP contribution in [0.25, 0.3) is 11.2 Å². The Hall–Kier alpha value is -2.09. The fourth-order valence-electron chi connectivity index (χ4n) is 3.55. The quantitative estimate of drug-likeness (QED) is 0.635. The highest BCUT2D eigenvalue weighted by Crippen LogP contribution is 2.27. The number of aryl methyl sites for hydroxylation is 1. The molecule has 0 spiro atoms. The lowest BCUT2D eigenvalue weighted by molar-refractivity contribution is 0.183. The van der Waals surface area contributed by atoms with Gasteiger partial charge in [-0.15, -0.1) is 0 Å². The van der Waals surface area contributed by atoms with Gasteiger partial charge in [-0.1, -0.05) is 19.8 Å². The summed E-state index contributed by atoms with van der Waals surface area (Å²) in [6.07, 6.45) is 6.54. The Morgan fingerprint density at radius 2 is 2.15 bits per heavy atom. The molecule has 1 unspecified atom stereocenters. The molecule has 2 aromatic heterocycles. The fraction of sp³-hybridized carbons (Fsp3) is 0.737. The topological polar surface area (TPSA) is 97.3 Å². The molecule has 150 valence electrons. The first-order chi connectivity index (χ1) is 13.1. The number of methoxy groups -OCH3 is 1. The van der Waals surface area contributed by atoms with E-state index in [9.17, 15) is 0 Å². The van der Waals surface area contributed by atoms with Crippen LogP contribution < -0.4 is 15.2 Å². The third kappa shape index (κ3) is 4.80. The van der Waals surface area contributed by atoms with E-state index in [1.807, 2.05) is 11.5 Å². The Balaban J connectivity index is 1.74. The molecule has 0 amide bonds. The van der Waals surface area contributed by atoms with Crippen LogP contribution in [-0.4, -0.2) is 45.9 Å². The molecule has 0 aromatic carbocycles. The highest BCUT2D eigenvalue weighted by atomic mass is 16.5. The van der Waals surface area contributed by atoms with Crippen LogP contribution in [0.5, 0.6) is 12.0 Å². The standard InChI is InChI=1S/C19H31N5O3/c1-4-7-13(2)27-18-22-16(20)15-17(23-18)24(19(21-15)25-3)10-6-5-8-14-9-11-26-12-14/h13-14H,4-12H2,1-3H3,(H2,20,22,23)/t13-,14?/m1/s1. The highest BCUT2D eigenvalue weighted by Gasteiger charge is 2.19. The average Bonchev–Trinajstić information content (AvgIpc) is 3.27. The maximum absolute atomic E-state index is 6.10. The van der Waals surface area contributed by atoms with Crippen LogP contribution in [0.2, 0.25) is 0 Å². The first kappa shape index (κ1) is 19.7. The summed E-state index contributed by atoms with van der Waals surface area (Å²) >= 11 is 0. The van der Waals surface area contributed by atoms with E-state index in [0.717, 1.165) is 45.4 Å². The van der Waals surface area contributed by atoms with Crippen molar-refractivity contribution in [3.8, 4) is 12.0 Å². The molecule has 0 saturated carbocycles. The van der Waals surface area contributed by atoms with Crippen LogP contribution in [0.15, 0.2) is 0 Å². The number of nitrogens with two attached hydrogens (primary N) is 1. The van der Waals surface area contributed by atoms with Gasteiger partial charge in [-0.2, -0.15) is 15.0 Å². The van der Waals surface area contributed by atoms with Crippen LogP contribution in [0, 0.1) is 5.92 Å². The summed E-state index contributed by atoms with van der Waals surface area (Å²) in [6, 6.07) is 0.807. The van der Waals surface area contributed by atoms with Gasteiger partial charge in [-0.3, -0.25) is 4.57 Å². The second-order valence-electron chi connectivity index (χ2n) is 7.26. The molecule has 0 bridgehead atoms. The maximum atomic E-state index is 6.10. The van der Waals surface area contributed by atoms with Crippen molar-refractivity contribution in [1.29, 1.82) is 0 Å². The number of nitrogens with zero attached hydrogens (tertiary/aromatic N) is 4. The lowest BCUT2D eigenvalue weighted by Gasteiger charge is -2.13. The second kappa shape index (κ2) is 9.21. The molecule has 2 aromatic rings. The van der Waals surface area contributed by atoms with Gasteiger partial charge in [0, 0.05) is 19.8 Å². The number of hydrogen-bond donors (Lipinski definition) is 1. The van der Waals surface area contributed by atoms with Crippen molar-refractivity contribution in [2.24, 2.45) is 5.92 Å². The largest absolute Gasteiger partial charge is 0.468 e. The summed E-state index contributed by atoms with van der Waals surface area (Å²) in [7, 11) is 1.61. The Kier molecular flexibility index (Phi) is 6.71. The van der Waals surface area contributed by atoms with E-state index in [0.29, 0.717) is 34.9 Å². The first-order valence-corrected chi connectivity index (χ1v) is 9.94. The van der Waals surface area contributed by atoms with Crippen molar-refractivity contribution >= 4 is 17.0 Å². The Labute approximate surface area is 160 Å². The molecule has 27 heavy (non-hydrogen) atoms. The van der Waals surface area contributed by atoms with Crippen molar-refractivity contribution in [3.63, 3.8) is 0 Å². The molecule has 1 aliphatic heterocycles. The van der Waals surface area contributed by atoms with E-state index in [2.05, 4.69) is 21.9 Å². The highest BCUT2D eigenvalue weighted by molar-refractivity contribution is 5.83. The minimum atomic E-state index is 0.0405. The first-order valence-electron chi connectivity index (χ1n) is 9.94. The van der Waals surface area contributed by atoms with Crippen LogP contribution in [0.4, 0.5) is 5.82 Å². The van der Waals surface area contributed by atoms with Crippen molar-refractivity contribution in [3.05, 3.63) is 0 Å². The summed E-state index contributed by atoms with van der Waals surface area (Å²) in [5, 5.41) is 0. The van der Waals surface area contributed by atoms with Gasteiger partial charge in [0.15, 0.2) is 17.0 Å². The van der Waals surface area contributed by atoms with Crippen LogP contribution in [-0.2, 0) is 11.3 Å². The van der Waals surface area contributed by atoms with Crippen molar-refractivity contribution in [2.75, 3.05) is 26.1 Å². The maximum Gasteiger partial charge on any atom is 0.320 e. The summed E-state index contributed by atoms with van der Waals surface area (Å²) < 4.78 is 18.7. The fourth-order valence-corrected chi connectivity index (χ4v) is 3.55. The van der Waals surface area contributed by atoms with Crippen LogP contribution >= 0.6 is 0 Å². The molecule has 8 heteroatoms. The second-order valence-corrected chi connectivity index (χ2v) is 7.26. The number of imidazole rings is 1. The van der Waals surface area contributed by atoms with Gasteiger partial charge in [0.2, 0.25) is 0 Å². The van der Waals surface area contributed by atoms with Gasteiger partial charge in [-0.25, -0.2) is 0 Å². The molecule has 1 saturated heterocycles. The average molecular weight is 377 g/mol. The summed E-state index contributed by atoms with van der Waals surface area (Å²) in [5.74, 6) is 1.02.